The number of thioether (sulfide) groups is 1. The van der Waals surface area contributed by atoms with Crippen LogP contribution in [0.15, 0.2) is 60.7 Å². The Morgan fingerprint density at radius 1 is 0.903 bits per heavy atom. The molecular weight excluding hydrogens is 408 g/mol. The normalized spacial score (nSPS) is 12.8. The van der Waals surface area contributed by atoms with Gasteiger partial charge in [-0.15, -0.1) is 0 Å². The molecule has 0 aromatic heterocycles. The van der Waals surface area contributed by atoms with Crippen molar-refractivity contribution in [3.05, 3.63) is 66.2 Å². The molecular formula is C25H32N2O3S. The van der Waals surface area contributed by atoms with Crippen molar-refractivity contribution in [3.8, 4) is 0 Å². The third-order valence-electron chi connectivity index (χ3n) is 4.86. The maximum absolute atomic E-state index is 13.1. The molecule has 0 fully saturated rings. The number of hydrogen-bond acceptors (Lipinski definition) is 4. The van der Waals surface area contributed by atoms with Gasteiger partial charge in [0.1, 0.15) is 6.04 Å². The van der Waals surface area contributed by atoms with Crippen LogP contribution in [-0.2, 0) is 20.8 Å². The number of anilines is 1. The number of benzene rings is 2. The first-order valence-corrected chi connectivity index (χ1v) is 11.7. The van der Waals surface area contributed by atoms with Crippen LogP contribution in [0.2, 0.25) is 0 Å². The van der Waals surface area contributed by atoms with Gasteiger partial charge in [-0.1, -0.05) is 74.1 Å². The predicted molar refractivity (Wildman–Crippen MR) is 128 cm³/mol. The summed E-state index contributed by atoms with van der Waals surface area (Å²) >= 11 is 1.15. The fourth-order valence-corrected chi connectivity index (χ4v) is 3.99. The fraction of sp³-hybridized carbons (Fsp3) is 0.400. The summed E-state index contributed by atoms with van der Waals surface area (Å²) in [6.07, 6.45) is 1.89. The van der Waals surface area contributed by atoms with E-state index in [9.17, 15) is 14.4 Å². The van der Waals surface area contributed by atoms with Crippen molar-refractivity contribution in [3.63, 3.8) is 0 Å². The number of amides is 2. The van der Waals surface area contributed by atoms with E-state index in [1.165, 1.54) is 6.92 Å². The lowest BCUT2D eigenvalue weighted by atomic mass is 9.98. The van der Waals surface area contributed by atoms with Gasteiger partial charge < -0.3 is 10.6 Å². The molecule has 5 nitrogen and oxygen atoms in total. The third kappa shape index (κ3) is 9.39. The van der Waals surface area contributed by atoms with Crippen LogP contribution in [0, 0.1) is 11.8 Å². The highest BCUT2D eigenvalue weighted by molar-refractivity contribution is 8.13. The van der Waals surface area contributed by atoms with Crippen molar-refractivity contribution >= 4 is 34.4 Å². The van der Waals surface area contributed by atoms with E-state index < -0.39 is 6.04 Å². The first kappa shape index (κ1) is 24.7. The second-order valence-corrected chi connectivity index (χ2v) is 9.27. The molecule has 2 aromatic rings. The molecule has 0 saturated heterocycles. The van der Waals surface area contributed by atoms with Crippen LogP contribution in [0.3, 0.4) is 0 Å². The zero-order chi connectivity index (χ0) is 22.6. The number of carbonyl (C=O) groups is 3. The van der Waals surface area contributed by atoms with Gasteiger partial charge >= 0.3 is 0 Å². The Bertz CT molecular complexity index is 840. The first-order valence-electron chi connectivity index (χ1n) is 10.7. The van der Waals surface area contributed by atoms with E-state index in [0.29, 0.717) is 24.3 Å². The van der Waals surface area contributed by atoms with Crippen molar-refractivity contribution in [2.45, 2.75) is 46.1 Å². The summed E-state index contributed by atoms with van der Waals surface area (Å²) in [4.78, 5) is 37.5. The summed E-state index contributed by atoms with van der Waals surface area (Å²) in [5, 5.41) is 5.82. The van der Waals surface area contributed by atoms with Crippen LogP contribution < -0.4 is 10.6 Å². The lowest BCUT2D eigenvalue weighted by Crippen LogP contribution is -2.47. The van der Waals surface area contributed by atoms with Gasteiger partial charge in [0.05, 0.1) is 0 Å². The highest BCUT2D eigenvalue weighted by Gasteiger charge is 2.26. The quantitative estimate of drug-likeness (QED) is 0.532. The van der Waals surface area contributed by atoms with Crippen molar-refractivity contribution in [2.24, 2.45) is 11.8 Å². The number of hydrogen-bond donors (Lipinski definition) is 2. The summed E-state index contributed by atoms with van der Waals surface area (Å²) in [6.45, 7) is 5.55. The summed E-state index contributed by atoms with van der Waals surface area (Å²) in [7, 11) is 0. The number of carbonyl (C=O) groups excluding carboxylic acids is 3. The minimum atomic E-state index is -0.630. The van der Waals surface area contributed by atoms with Crippen LogP contribution in [0.1, 0.15) is 39.2 Å². The van der Waals surface area contributed by atoms with Gasteiger partial charge in [0.25, 0.3) is 0 Å². The van der Waals surface area contributed by atoms with E-state index in [1.807, 2.05) is 74.5 Å². The van der Waals surface area contributed by atoms with E-state index in [-0.39, 0.29) is 28.8 Å². The lowest BCUT2D eigenvalue weighted by molar-refractivity contribution is -0.129. The first-order chi connectivity index (χ1) is 14.8. The molecule has 31 heavy (non-hydrogen) atoms. The number of rotatable bonds is 11. The molecule has 1 unspecified atom stereocenters. The molecule has 2 N–H and O–H groups in total. The van der Waals surface area contributed by atoms with Crippen LogP contribution >= 0.6 is 11.8 Å². The largest absolute Gasteiger partial charge is 0.344 e. The minimum absolute atomic E-state index is 0.0157. The lowest BCUT2D eigenvalue weighted by Gasteiger charge is -2.23. The molecule has 0 saturated carbocycles. The van der Waals surface area contributed by atoms with Crippen molar-refractivity contribution in [1.82, 2.24) is 5.32 Å². The second-order valence-electron chi connectivity index (χ2n) is 8.07. The Morgan fingerprint density at radius 3 is 2.10 bits per heavy atom. The fourth-order valence-electron chi connectivity index (χ4n) is 3.24. The zero-order valence-electron chi connectivity index (χ0n) is 18.5. The Labute approximate surface area is 189 Å². The Balaban J connectivity index is 2.07. The van der Waals surface area contributed by atoms with Gasteiger partial charge in [-0.2, -0.15) is 0 Å². The molecule has 2 aromatic carbocycles. The predicted octanol–water partition coefficient (Wildman–Crippen LogP) is 4.68. The summed E-state index contributed by atoms with van der Waals surface area (Å²) < 4.78 is 0. The van der Waals surface area contributed by atoms with E-state index in [4.69, 9.17) is 0 Å². The molecule has 0 aliphatic carbocycles. The second kappa shape index (κ2) is 13.0. The summed E-state index contributed by atoms with van der Waals surface area (Å²) in [6, 6.07) is 18.6. The number of aryl methyl sites for hydroxylation is 1. The van der Waals surface area contributed by atoms with Crippen molar-refractivity contribution in [2.75, 3.05) is 11.1 Å². The monoisotopic (exact) mass is 440 g/mol. The van der Waals surface area contributed by atoms with Gasteiger partial charge in [0, 0.05) is 24.3 Å². The van der Waals surface area contributed by atoms with Crippen molar-refractivity contribution in [1.29, 1.82) is 0 Å². The van der Waals surface area contributed by atoms with Crippen LogP contribution in [0.4, 0.5) is 5.69 Å². The number of para-hydroxylation sites is 1. The van der Waals surface area contributed by atoms with Crippen LogP contribution in [0.25, 0.3) is 0 Å². The van der Waals surface area contributed by atoms with Gasteiger partial charge in [-0.05, 0) is 42.9 Å². The number of nitrogens with one attached hydrogen (secondary N) is 2. The van der Waals surface area contributed by atoms with E-state index in [1.54, 1.807) is 0 Å². The van der Waals surface area contributed by atoms with Gasteiger partial charge in [-0.3, -0.25) is 14.4 Å². The van der Waals surface area contributed by atoms with E-state index in [2.05, 4.69) is 10.6 Å². The Kier molecular flexibility index (Phi) is 10.3. The molecule has 0 heterocycles. The molecule has 0 aliphatic heterocycles. The molecule has 0 aliphatic rings. The summed E-state index contributed by atoms with van der Waals surface area (Å²) in [5.41, 5.74) is 1.84. The van der Waals surface area contributed by atoms with Crippen molar-refractivity contribution < 1.29 is 14.4 Å². The molecule has 6 heteroatoms. The average molecular weight is 441 g/mol. The topological polar surface area (TPSA) is 75.3 Å². The standard InChI is InChI=1S/C25H32N2O3S/c1-18(2)16-23(25(30)26-22-12-8-5-9-13-22)27-24(29)21(17-31-19(3)28)15-14-20-10-6-4-7-11-20/h4-13,18,21,23H,14-17H2,1-3H3,(H,26,30)(H,27,29)/t21?,23-/m0/s1. The average Bonchev–Trinajstić information content (AvgIpc) is 2.74. The van der Waals surface area contributed by atoms with Gasteiger partial charge in [0.15, 0.2) is 5.12 Å². The maximum Gasteiger partial charge on any atom is 0.246 e. The highest BCUT2D eigenvalue weighted by atomic mass is 32.2. The molecule has 0 bridgehead atoms. The van der Waals surface area contributed by atoms with Crippen LogP contribution in [0.5, 0.6) is 0 Å². The third-order valence-corrected chi connectivity index (χ3v) is 5.84. The maximum atomic E-state index is 13.1. The minimum Gasteiger partial charge on any atom is -0.344 e. The van der Waals surface area contributed by atoms with Crippen LogP contribution in [-0.4, -0.2) is 28.7 Å². The molecule has 166 valence electrons. The Hall–Kier alpha value is -2.60. The zero-order valence-corrected chi connectivity index (χ0v) is 19.3. The summed E-state index contributed by atoms with van der Waals surface area (Å²) in [5.74, 6) is -0.120. The highest BCUT2D eigenvalue weighted by Crippen LogP contribution is 2.18. The van der Waals surface area contributed by atoms with Gasteiger partial charge in [0.2, 0.25) is 11.8 Å². The molecule has 0 spiro atoms. The SMILES string of the molecule is CC(=O)SCC(CCc1ccccc1)C(=O)N[C@@H](CC(C)C)C(=O)Nc1ccccc1. The van der Waals surface area contributed by atoms with E-state index in [0.717, 1.165) is 23.7 Å². The molecule has 2 atom stereocenters. The smallest absolute Gasteiger partial charge is 0.246 e. The Morgan fingerprint density at radius 2 is 1.52 bits per heavy atom. The molecule has 2 rings (SSSR count). The molecule has 0 radical (unpaired) electrons. The van der Waals surface area contributed by atoms with Gasteiger partial charge in [-0.25, -0.2) is 0 Å². The van der Waals surface area contributed by atoms with E-state index >= 15 is 0 Å². The molecule has 2 amide bonds.